The van der Waals surface area contributed by atoms with Crippen molar-refractivity contribution in [3.63, 3.8) is 0 Å². The molecule has 1 atom stereocenters. The van der Waals surface area contributed by atoms with E-state index < -0.39 is 0 Å². The van der Waals surface area contributed by atoms with Crippen molar-refractivity contribution in [3.8, 4) is 0 Å². The molecule has 1 amide bonds. The monoisotopic (exact) mass is 430 g/mol. The number of carbonyl (C=O) groups is 1. The van der Waals surface area contributed by atoms with E-state index in [-0.39, 0.29) is 12.0 Å². The minimum atomic E-state index is -0.0781. The average molecular weight is 431 g/mol. The van der Waals surface area contributed by atoms with Crippen LogP contribution in [0.3, 0.4) is 0 Å². The lowest BCUT2D eigenvalue weighted by Gasteiger charge is -2.11. The number of ether oxygens (including phenoxy) is 1. The maximum absolute atomic E-state index is 12.5. The van der Waals surface area contributed by atoms with E-state index >= 15 is 0 Å². The zero-order valence-electron chi connectivity index (χ0n) is 14.4. The van der Waals surface area contributed by atoms with Crippen LogP contribution in [-0.4, -0.2) is 30.9 Å². The van der Waals surface area contributed by atoms with Gasteiger partial charge in [-0.2, -0.15) is 0 Å². The molecule has 134 valence electrons. The first kappa shape index (κ1) is 17.8. The highest BCUT2D eigenvalue weighted by Gasteiger charge is 2.19. The van der Waals surface area contributed by atoms with E-state index in [0.717, 1.165) is 45.8 Å². The number of hydrogen-bond acceptors (Lipinski definition) is 4. The third-order valence-electron chi connectivity index (χ3n) is 4.57. The molecule has 0 spiro atoms. The van der Waals surface area contributed by atoms with E-state index in [0.29, 0.717) is 12.1 Å². The first-order chi connectivity index (χ1) is 12.6. The number of aliphatic imine (C=N–C) groups is 1. The van der Waals surface area contributed by atoms with Crippen LogP contribution in [0.5, 0.6) is 0 Å². The molecule has 2 aromatic rings. The second-order valence-corrected chi connectivity index (χ2v) is 8.47. The molecule has 1 fully saturated rings. The van der Waals surface area contributed by atoms with Gasteiger partial charge in [-0.1, -0.05) is 27.7 Å². The standard InChI is InChI=1S/C20H19BrN2O2S/c1-12-16-10-14(21)5-7-18(16)26-19-6-4-13(9-17(19)23-12)20(24)22-11-15-3-2-8-25-15/h4-7,9-10,15H,2-3,8,11H2,1H3,(H,22,24)/t15-/m1/s1. The molecular weight excluding hydrogens is 412 g/mol. The molecule has 6 heteroatoms. The van der Waals surface area contributed by atoms with E-state index in [9.17, 15) is 4.79 Å². The van der Waals surface area contributed by atoms with Crippen LogP contribution in [0, 0.1) is 0 Å². The minimum absolute atomic E-state index is 0.0781. The molecule has 1 saturated heterocycles. The van der Waals surface area contributed by atoms with Gasteiger partial charge in [0.15, 0.2) is 0 Å². The number of nitrogens with zero attached hydrogens (tertiary/aromatic N) is 1. The van der Waals surface area contributed by atoms with Crippen LogP contribution in [0.15, 0.2) is 55.7 Å². The van der Waals surface area contributed by atoms with Crippen molar-refractivity contribution in [3.05, 3.63) is 52.0 Å². The van der Waals surface area contributed by atoms with E-state index in [4.69, 9.17) is 9.73 Å². The highest BCUT2D eigenvalue weighted by Crippen LogP contribution is 2.41. The minimum Gasteiger partial charge on any atom is -0.376 e. The van der Waals surface area contributed by atoms with E-state index in [1.54, 1.807) is 11.8 Å². The predicted octanol–water partition coefficient (Wildman–Crippen LogP) is 4.96. The maximum atomic E-state index is 12.5. The van der Waals surface area contributed by atoms with Crippen molar-refractivity contribution < 1.29 is 9.53 Å². The Balaban J connectivity index is 1.58. The van der Waals surface area contributed by atoms with Crippen molar-refractivity contribution in [2.45, 2.75) is 35.7 Å². The molecule has 2 aliphatic heterocycles. The molecule has 1 N–H and O–H groups in total. The number of fused-ring (bicyclic) bond motifs is 2. The predicted molar refractivity (Wildman–Crippen MR) is 108 cm³/mol. The molecule has 0 bridgehead atoms. The number of carbonyl (C=O) groups excluding carboxylic acids is 1. The summed E-state index contributed by atoms with van der Waals surface area (Å²) in [5.41, 5.74) is 3.53. The smallest absolute Gasteiger partial charge is 0.251 e. The quantitative estimate of drug-likeness (QED) is 0.747. The van der Waals surface area contributed by atoms with Gasteiger partial charge in [-0.25, -0.2) is 0 Å². The third kappa shape index (κ3) is 3.72. The van der Waals surface area contributed by atoms with Crippen LogP contribution in [0.4, 0.5) is 5.69 Å². The largest absolute Gasteiger partial charge is 0.376 e. The van der Waals surface area contributed by atoms with Gasteiger partial charge in [0.25, 0.3) is 5.91 Å². The number of amides is 1. The molecule has 26 heavy (non-hydrogen) atoms. The zero-order valence-corrected chi connectivity index (χ0v) is 16.8. The van der Waals surface area contributed by atoms with Crippen molar-refractivity contribution in [1.29, 1.82) is 0 Å². The molecule has 0 aromatic heterocycles. The lowest BCUT2D eigenvalue weighted by Crippen LogP contribution is -2.31. The van der Waals surface area contributed by atoms with Gasteiger partial charge < -0.3 is 10.1 Å². The van der Waals surface area contributed by atoms with Gasteiger partial charge in [-0.3, -0.25) is 9.79 Å². The van der Waals surface area contributed by atoms with Gasteiger partial charge >= 0.3 is 0 Å². The summed E-state index contributed by atoms with van der Waals surface area (Å²) in [7, 11) is 0. The van der Waals surface area contributed by atoms with Crippen LogP contribution >= 0.6 is 27.7 Å². The Morgan fingerprint density at radius 2 is 2.15 bits per heavy atom. The second kappa shape index (κ2) is 7.55. The van der Waals surface area contributed by atoms with Crippen LogP contribution in [-0.2, 0) is 4.74 Å². The molecule has 0 aliphatic carbocycles. The van der Waals surface area contributed by atoms with Gasteiger partial charge in [0, 0.05) is 44.3 Å². The molecule has 2 aliphatic rings. The van der Waals surface area contributed by atoms with E-state index in [1.807, 2.05) is 31.2 Å². The summed E-state index contributed by atoms with van der Waals surface area (Å²) in [5.74, 6) is -0.0781. The molecular formula is C20H19BrN2O2S. The Bertz CT molecular complexity index is 891. The Morgan fingerprint density at radius 1 is 1.31 bits per heavy atom. The van der Waals surface area contributed by atoms with Crippen molar-refractivity contribution >= 4 is 45.0 Å². The fourth-order valence-corrected chi connectivity index (χ4v) is 4.58. The molecule has 4 nitrogen and oxygen atoms in total. The van der Waals surface area contributed by atoms with Crippen molar-refractivity contribution in [1.82, 2.24) is 5.32 Å². The lowest BCUT2D eigenvalue weighted by molar-refractivity contribution is 0.0858. The first-order valence-electron chi connectivity index (χ1n) is 8.67. The highest BCUT2D eigenvalue weighted by molar-refractivity contribution is 9.10. The highest BCUT2D eigenvalue weighted by atomic mass is 79.9. The fraction of sp³-hybridized carbons (Fsp3) is 0.300. The lowest BCUT2D eigenvalue weighted by atomic mass is 10.1. The van der Waals surface area contributed by atoms with Gasteiger partial charge in [0.2, 0.25) is 0 Å². The zero-order chi connectivity index (χ0) is 18.1. The van der Waals surface area contributed by atoms with Crippen LogP contribution < -0.4 is 5.32 Å². The van der Waals surface area contributed by atoms with Crippen LogP contribution in [0.2, 0.25) is 0 Å². The Hall–Kier alpha value is -1.63. The molecule has 4 rings (SSSR count). The van der Waals surface area contributed by atoms with Gasteiger partial charge in [-0.15, -0.1) is 0 Å². The van der Waals surface area contributed by atoms with E-state index in [2.05, 4.69) is 33.4 Å². The summed E-state index contributed by atoms with van der Waals surface area (Å²) in [5, 5.41) is 2.97. The molecule has 2 aromatic carbocycles. The maximum Gasteiger partial charge on any atom is 0.251 e. The Morgan fingerprint density at radius 3 is 2.96 bits per heavy atom. The van der Waals surface area contributed by atoms with E-state index in [1.165, 1.54) is 4.90 Å². The molecule has 0 saturated carbocycles. The van der Waals surface area contributed by atoms with Gasteiger partial charge in [-0.05, 0) is 56.2 Å². The summed E-state index contributed by atoms with van der Waals surface area (Å²) >= 11 is 5.21. The number of benzene rings is 2. The molecule has 0 unspecified atom stereocenters. The van der Waals surface area contributed by atoms with Gasteiger partial charge in [0.1, 0.15) is 0 Å². The summed E-state index contributed by atoms with van der Waals surface area (Å²) < 4.78 is 6.60. The second-order valence-electron chi connectivity index (χ2n) is 6.47. The normalized spacial score (nSPS) is 18.5. The third-order valence-corrected chi connectivity index (χ3v) is 6.21. The van der Waals surface area contributed by atoms with Crippen LogP contribution in [0.25, 0.3) is 0 Å². The summed E-state index contributed by atoms with van der Waals surface area (Å²) in [6.07, 6.45) is 2.23. The van der Waals surface area contributed by atoms with Crippen molar-refractivity contribution in [2.75, 3.05) is 13.2 Å². The van der Waals surface area contributed by atoms with Crippen molar-refractivity contribution in [2.24, 2.45) is 4.99 Å². The summed E-state index contributed by atoms with van der Waals surface area (Å²) in [6, 6.07) is 11.9. The van der Waals surface area contributed by atoms with Crippen LogP contribution in [0.1, 0.15) is 35.7 Å². The Kier molecular flexibility index (Phi) is 5.16. The molecule has 0 radical (unpaired) electrons. The number of nitrogens with one attached hydrogen (secondary N) is 1. The topological polar surface area (TPSA) is 50.7 Å². The SMILES string of the molecule is CC1=Nc2cc(C(=O)NC[C@H]3CCCO3)ccc2Sc2ccc(Br)cc21. The number of hydrogen-bond donors (Lipinski definition) is 1. The summed E-state index contributed by atoms with van der Waals surface area (Å²) in [4.78, 5) is 19.5. The number of halogens is 1. The number of rotatable bonds is 3. The van der Waals surface area contributed by atoms with Gasteiger partial charge in [0.05, 0.1) is 11.8 Å². The first-order valence-corrected chi connectivity index (χ1v) is 10.3. The molecule has 2 heterocycles. The summed E-state index contributed by atoms with van der Waals surface area (Å²) in [6.45, 7) is 3.36. The average Bonchev–Trinajstić information content (AvgIpc) is 3.11. The fourth-order valence-electron chi connectivity index (χ4n) is 3.18. The Labute approximate surface area is 165 Å².